The average molecular weight is 403 g/mol. The molecule has 2 aliphatic rings. The second-order valence-electron chi connectivity index (χ2n) is 7.12. The lowest BCUT2D eigenvalue weighted by molar-refractivity contribution is -0.121. The summed E-state index contributed by atoms with van der Waals surface area (Å²) in [6, 6.07) is 2.03. The Morgan fingerprint density at radius 3 is 2.41 bits per heavy atom. The number of nitriles is 1. The summed E-state index contributed by atoms with van der Waals surface area (Å²) in [5.74, 6) is 1.26. The molecule has 3 rings (SSSR count). The van der Waals surface area contributed by atoms with Gasteiger partial charge in [0.25, 0.3) is 11.5 Å². The lowest BCUT2D eigenvalue weighted by Gasteiger charge is -2.34. The number of amides is 1. The van der Waals surface area contributed by atoms with Crippen LogP contribution < -0.4 is 10.5 Å². The number of rotatable bonds is 2. The van der Waals surface area contributed by atoms with Crippen LogP contribution in [-0.4, -0.2) is 39.8 Å². The molecule has 6 nitrogen and oxygen atoms in total. The Labute approximate surface area is 168 Å². The predicted octanol–water partition coefficient (Wildman–Crippen LogP) is 2.63. The van der Waals surface area contributed by atoms with E-state index in [9.17, 15) is 14.9 Å². The molecule has 0 spiro atoms. The third-order valence-electron chi connectivity index (χ3n) is 5.31. The number of pyridine rings is 1. The van der Waals surface area contributed by atoms with Crippen molar-refractivity contribution in [2.75, 3.05) is 25.0 Å². The van der Waals surface area contributed by atoms with Gasteiger partial charge in [0.15, 0.2) is 0 Å². The first-order valence-corrected chi connectivity index (χ1v) is 10.1. The Balaban J connectivity index is 2.21. The zero-order valence-electron chi connectivity index (χ0n) is 15.9. The van der Waals surface area contributed by atoms with Crippen molar-refractivity contribution in [3.8, 4) is 6.07 Å². The topological polar surface area (TPSA) is 69.3 Å². The van der Waals surface area contributed by atoms with Crippen molar-refractivity contribution in [2.45, 2.75) is 26.7 Å². The van der Waals surface area contributed by atoms with Gasteiger partial charge in [-0.25, -0.2) is 0 Å². The van der Waals surface area contributed by atoms with Crippen LogP contribution in [0.3, 0.4) is 0 Å². The van der Waals surface area contributed by atoms with Gasteiger partial charge in [0.1, 0.15) is 21.8 Å². The summed E-state index contributed by atoms with van der Waals surface area (Å²) in [5.41, 5.74) is 1.17. The molecular formula is C19H22N4O2S2. The summed E-state index contributed by atoms with van der Waals surface area (Å²) in [4.78, 5) is 29.3. The number of thiocarbonyl (C=S) groups is 1. The van der Waals surface area contributed by atoms with Crippen molar-refractivity contribution in [2.24, 2.45) is 13.0 Å². The molecule has 2 aliphatic heterocycles. The van der Waals surface area contributed by atoms with Gasteiger partial charge in [0, 0.05) is 32.7 Å². The maximum Gasteiger partial charge on any atom is 0.270 e. The quantitative estimate of drug-likeness (QED) is 0.560. The molecule has 8 heteroatoms. The molecule has 1 amide bonds. The lowest BCUT2D eigenvalue weighted by atomic mass is 9.97. The third kappa shape index (κ3) is 3.42. The van der Waals surface area contributed by atoms with Gasteiger partial charge in [-0.05, 0) is 37.3 Å². The zero-order valence-corrected chi connectivity index (χ0v) is 17.5. The molecule has 3 heterocycles. The minimum Gasteiger partial charge on any atom is -0.357 e. The third-order valence-corrected chi connectivity index (χ3v) is 6.80. The second kappa shape index (κ2) is 7.49. The molecule has 0 bridgehead atoms. The summed E-state index contributed by atoms with van der Waals surface area (Å²) in [5, 5.41) is 9.48. The Kier molecular flexibility index (Phi) is 5.45. The van der Waals surface area contributed by atoms with Crippen molar-refractivity contribution in [3.63, 3.8) is 0 Å². The largest absolute Gasteiger partial charge is 0.357 e. The summed E-state index contributed by atoms with van der Waals surface area (Å²) < 4.78 is 2.04. The van der Waals surface area contributed by atoms with Crippen LogP contribution in [0.1, 0.15) is 36.5 Å². The van der Waals surface area contributed by atoms with Crippen LogP contribution in [0.5, 0.6) is 0 Å². The molecule has 27 heavy (non-hydrogen) atoms. The van der Waals surface area contributed by atoms with Crippen molar-refractivity contribution >= 4 is 46.1 Å². The average Bonchev–Trinajstić information content (AvgIpc) is 2.88. The normalized spacial score (nSPS) is 19.9. The van der Waals surface area contributed by atoms with Crippen LogP contribution in [0, 0.1) is 24.2 Å². The molecule has 0 aromatic carbocycles. The highest BCUT2D eigenvalue weighted by Crippen LogP contribution is 2.35. The highest BCUT2D eigenvalue weighted by Gasteiger charge is 2.31. The molecule has 1 aromatic rings. The Hall–Kier alpha value is -2.11. The standard InChI is InChI=1S/C19H22N4O2S2/c1-11-5-7-23(8-6-11)16-13(9-15-18(25)22(4)19(26)27-15)12(2)14(10-20)17(24)21(16)3/h9,11H,5-8H2,1-4H3/b15-9-. The maximum atomic E-state index is 12.7. The fourth-order valence-corrected chi connectivity index (χ4v) is 4.65. The van der Waals surface area contributed by atoms with E-state index in [4.69, 9.17) is 12.2 Å². The monoisotopic (exact) mass is 402 g/mol. The van der Waals surface area contributed by atoms with Gasteiger partial charge < -0.3 is 4.90 Å². The van der Waals surface area contributed by atoms with Gasteiger partial charge in [-0.1, -0.05) is 30.9 Å². The van der Waals surface area contributed by atoms with Crippen molar-refractivity contribution in [1.82, 2.24) is 9.47 Å². The number of hydrogen-bond acceptors (Lipinski definition) is 6. The molecule has 1 aromatic heterocycles. The van der Waals surface area contributed by atoms with Gasteiger partial charge in [0.2, 0.25) is 0 Å². The van der Waals surface area contributed by atoms with E-state index in [0.29, 0.717) is 20.7 Å². The van der Waals surface area contributed by atoms with Crippen LogP contribution in [0.4, 0.5) is 5.82 Å². The van der Waals surface area contributed by atoms with Crippen LogP contribution in [0.2, 0.25) is 0 Å². The number of carbonyl (C=O) groups excluding carboxylic acids is 1. The fourth-order valence-electron chi connectivity index (χ4n) is 3.49. The number of aromatic nitrogens is 1. The Bertz CT molecular complexity index is 950. The van der Waals surface area contributed by atoms with Crippen LogP contribution in [0.25, 0.3) is 6.08 Å². The highest BCUT2D eigenvalue weighted by atomic mass is 32.2. The van der Waals surface area contributed by atoms with E-state index >= 15 is 0 Å². The van der Waals surface area contributed by atoms with E-state index in [1.807, 2.05) is 6.07 Å². The van der Waals surface area contributed by atoms with E-state index in [1.54, 1.807) is 31.7 Å². The van der Waals surface area contributed by atoms with Gasteiger partial charge in [-0.15, -0.1) is 0 Å². The summed E-state index contributed by atoms with van der Waals surface area (Å²) in [7, 11) is 3.35. The number of hydrogen-bond donors (Lipinski definition) is 0. The smallest absolute Gasteiger partial charge is 0.270 e. The van der Waals surface area contributed by atoms with Gasteiger partial charge in [-0.3, -0.25) is 19.1 Å². The summed E-state index contributed by atoms with van der Waals surface area (Å²) in [6.45, 7) is 5.69. The number of likely N-dealkylation sites (N-methyl/N-ethyl adjacent to an activating group) is 1. The van der Waals surface area contributed by atoms with Crippen molar-refractivity contribution < 1.29 is 4.79 Å². The first kappa shape index (κ1) is 19.6. The van der Waals surface area contributed by atoms with Gasteiger partial charge in [-0.2, -0.15) is 5.26 Å². The van der Waals surface area contributed by atoms with Gasteiger partial charge >= 0.3 is 0 Å². The van der Waals surface area contributed by atoms with Crippen molar-refractivity contribution in [3.05, 3.63) is 31.9 Å². The molecule has 142 valence electrons. The molecule has 0 unspecified atom stereocenters. The minimum absolute atomic E-state index is 0.116. The van der Waals surface area contributed by atoms with E-state index in [1.165, 1.54) is 16.7 Å². The molecule has 0 aliphatic carbocycles. The predicted molar refractivity (Wildman–Crippen MR) is 113 cm³/mol. The first-order chi connectivity index (χ1) is 12.8. The fraction of sp³-hybridized carbons (Fsp3) is 0.474. The second-order valence-corrected chi connectivity index (χ2v) is 8.80. The number of nitrogens with zero attached hydrogens (tertiary/aromatic N) is 4. The number of carbonyl (C=O) groups is 1. The van der Waals surface area contributed by atoms with E-state index in [-0.39, 0.29) is 17.0 Å². The van der Waals surface area contributed by atoms with E-state index in [2.05, 4.69) is 11.8 Å². The van der Waals surface area contributed by atoms with Crippen LogP contribution >= 0.6 is 24.0 Å². The van der Waals surface area contributed by atoms with Gasteiger partial charge in [0.05, 0.1) is 4.91 Å². The first-order valence-electron chi connectivity index (χ1n) is 8.86. The van der Waals surface area contributed by atoms with Crippen LogP contribution in [-0.2, 0) is 11.8 Å². The number of piperidine rings is 1. The van der Waals surface area contributed by atoms with Crippen molar-refractivity contribution in [1.29, 1.82) is 5.26 Å². The summed E-state index contributed by atoms with van der Waals surface area (Å²) in [6.07, 6.45) is 3.87. The lowest BCUT2D eigenvalue weighted by Crippen LogP contribution is -2.38. The molecule has 0 N–H and O–H groups in total. The van der Waals surface area contributed by atoms with E-state index < -0.39 is 0 Å². The molecule has 0 atom stereocenters. The Morgan fingerprint density at radius 2 is 1.89 bits per heavy atom. The summed E-state index contributed by atoms with van der Waals surface area (Å²) >= 11 is 6.47. The molecular weight excluding hydrogens is 380 g/mol. The van der Waals surface area contributed by atoms with Crippen LogP contribution in [0.15, 0.2) is 9.70 Å². The molecule has 2 fully saturated rings. The Morgan fingerprint density at radius 1 is 1.26 bits per heavy atom. The maximum absolute atomic E-state index is 12.7. The number of thioether (sulfide) groups is 1. The van der Waals surface area contributed by atoms with E-state index in [0.717, 1.165) is 37.3 Å². The zero-order chi connectivity index (χ0) is 19.9. The number of anilines is 1. The SMILES string of the molecule is Cc1c(/C=C2\SC(=S)N(C)C2=O)c(N2CCC(C)CC2)n(C)c(=O)c1C#N. The minimum atomic E-state index is -0.302. The molecule has 2 saturated heterocycles. The highest BCUT2D eigenvalue weighted by molar-refractivity contribution is 8.26. The molecule has 0 radical (unpaired) electrons. The molecule has 0 saturated carbocycles.